The van der Waals surface area contributed by atoms with Crippen LogP contribution in [0.3, 0.4) is 0 Å². The van der Waals surface area contributed by atoms with E-state index in [1.54, 1.807) is 18.3 Å². The van der Waals surface area contributed by atoms with Crippen LogP contribution in [0.2, 0.25) is 5.15 Å². The summed E-state index contributed by atoms with van der Waals surface area (Å²) in [6.45, 7) is 2.73. The van der Waals surface area contributed by atoms with Crippen molar-refractivity contribution in [2.75, 3.05) is 11.4 Å². The topological polar surface area (TPSA) is 16.1 Å². The SMILES string of the molecule is CCN(c1cccc(F)c1)c1ccnc(Cl)c1. The van der Waals surface area contributed by atoms with Gasteiger partial charge in [-0.3, -0.25) is 0 Å². The molecule has 0 spiro atoms. The maximum atomic E-state index is 13.2. The minimum Gasteiger partial charge on any atom is -0.342 e. The Morgan fingerprint density at radius 2 is 2.00 bits per heavy atom. The molecule has 1 heterocycles. The minimum atomic E-state index is -0.249. The van der Waals surface area contributed by atoms with Crippen LogP contribution < -0.4 is 4.90 Å². The highest BCUT2D eigenvalue weighted by Gasteiger charge is 2.08. The molecule has 17 heavy (non-hydrogen) atoms. The Hall–Kier alpha value is -1.61. The summed E-state index contributed by atoms with van der Waals surface area (Å²) in [6.07, 6.45) is 1.64. The van der Waals surface area contributed by atoms with E-state index in [1.165, 1.54) is 12.1 Å². The zero-order valence-electron chi connectivity index (χ0n) is 9.40. The van der Waals surface area contributed by atoms with Crippen molar-refractivity contribution in [3.05, 3.63) is 53.6 Å². The zero-order valence-corrected chi connectivity index (χ0v) is 10.2. The summed E-state index contributed by atoms with van der Waals surface area (Å²) < 4.78 is 13.2. The lowest BCUT2D eigenvalue weighted by atomic mass is 10.2. The molecule has 0 radical (unpaired) electrons. The summed E-state index contributed by atoms with van der Waals surface area (Å²) in [6, 6.07) is 10.1. The molecule has 0 atom stereocenters. The number of aromatic nitrogens is 1. The number of pyridine rings is 1. The van der Waals surface area contributed by atoms with Crippen molar-refractivity contribution in [1.29, 1.82) is 0 Å². The maximum absolute atomic E-state index is 13.2. The first-order chi connectivity index (χ1) is 8.20. The summed E-state index contributed by atoms with van der Waals surface area (Å²) >= 11 is 5.85. The van der Waals surface area contributed by atoms with E-state index in [-0.39, 0.29) is 5.82 Å². The van der Waals surface area contributed by atoms with Gasteiger partial charge in [-0.15, -0.1) is 0 Å². The lowest BCUT2D eigenvalue weighted by Crippen LogP contribution is -2.16. The molecule has 1 aromatic carbocycles. The quantitative estimate of drug-likeness (QED) is 0.765. The Morgan fingerprint density at radius 3 is 2.65 bits per heavy atom. The Labute approximate surface area is 105 Å². The fourth-order valence-corrected chi connectivity index (χ4v) is 1.89. The molecule has 0 bridgehead atoms. The fourth-order valence-electron chi connectivity index (χ4n) is 1.72. The molecule has 0 unspecified atom stereocenters. The first kappa shape index (κ1) is 11.9. The lowest BCUT2D eigenvalue weighted by molar-refractivity contribution is 0.627. The summed E-state index contributed by atoms with van der Waals surface area (Å²) in [4.78, 5) is 5.90. The third kappa shape index (κ3) is 2.74. The van der Waals surface area contributed by atoms with E-state index in [2.05, 4.69) is 4.98 Å². The molecule has 0 fully saturated rings. The zero-order chi connectivity index (χ0) is 12.3. The summed E-state index contributed by atoms with van der Waals surface area (Å²) in [5, 5.41) is 0.428. The largest absolute Gasteiger partial charge is 0.342 e. The molecule has 0 saturated carbocycles. The fraction of sp³-hybridized carbons (Fsp3) is 0.154. The molecule has 2 aromatic rings. The third-order valence-corrected chi connectivity index (χ3v) is 2.66. The highest BCUT2D eigenvalue weighted by Crippen LogP contribution is 2.26. The van der Waals surface area contributed by atoms with Gasteiger partial charge in [-0.05, 0) is 37.3 Å². The standard InChI is InChI=1S/C13H12ClFN2/c1-2-17(11-5-3-4-10(15)8-11)12-6-7-16-13(14)9-12/h3-9H,2H2,1H3. The van der Waals surface area contributed by atoms with Crippen molar-refractivity contribution in [2.24, 2.45) is 0 Å². The van der Waals surface area contributed by atoms with Crippen LogP contribution in [0.1, 0.15) is 6.92 Å². The second-order valence-electron chi connectivity index (χ2n) is 3.56. The van der Waals surface area contributed by atoms with Gasteiger partial charge in [0.15, 0.2) is 0 Å². The van der Waals surface area contributed by atoms with Crippen LogP contribution in [-0.4, -0.2) is 11.5 Å². The van der Waals surface area contributed by atoms with Crippen molar-refractivity contribution >= 4 is 23.0 Å². The monoisotopic (exact) mass is 250 g/mol. The predicted molar refractivity (Wildman–Crippen MR) is 68.3 cm³/mol. The molecule has 0 aliphatic heterocycles. The summed E-state index contributed by atoms with van der Waals surface area (Å²) in [7, 11) is 0. The molecule has 0 aliphatic carbocycles. The van der Waals surface area contributed by atoms with Gasteiger partial charge in [-0.25, -0.2) is 9.37 Å². The van der Waals surface area contributed by atoms with Crippen LogP contribution in [-0.2, 0) is 0 Å². The van der Waals surface area contributed by atoms with Gasteiger partial charge in [0, 0.05) is 24.1 Å². The highest BCUT2D eigenvalue weighted by atomic mass is 35.5. The molecule has 1 aromatic heterocycles. The van der Waals surface area contributed by atoms with Gasteiger partial charge in [0.25, 0.3) is 0 Å². The van der Waals surface area contributed by atoms with Crippen molar-refractivity contribution in [1.82, 2.24) is 4.98 Å². The average molecular weight is 251 g/mol. The van der Waals surface area contributed by atoms with Crippen molar-refractivity contribution in [2.45, 2.75) is 6.92 Å². The smallest absolute Gasteiger partial charge is 0.131 e. The molecule has 0 N–H and O–H groups in total. The molecular formula is C13H12ClFN2. The van der Waals surface area contributed by atoms with Gasteiger partial charge in [0.2, 0.25) is 0 Å². The normalized spacial score (nSPS) is 10.3. The number of hydrogen-bond acceptors (Lipinski definition) is 2. The summed E-state index contributed by atoms with van der Waals surface area (Å²) in [5.41, 5.74) is 1.70. The highest BCUT2D eigenvalue weighted by molar-refractivity contribution is 6.29. The van der Waals surface area contributed by atoms with Crippen LogP contribution in [0.25, 0.3) is 0 Å². The van der Waals surface area contributed by atoms with Crippen molar-refractivity contribution < 1.29 is 4.39 Å². The Bertz CT molecular complexity index is 471. The number of rotatable bonds is 3. The van der Waals surface area contributed by atoms with Crippen LogP contribution in [0.15, 0.2) is 42.6 Å². The van der Waals surface area contributed by atoms with Crippen LogP contribution >= 0.6 is 11.6 Å². The van der Waals surface area contributed by atoms with E-state index in [0.29, 0.717) is 5.15 Å². The van der Waals surface area contributed by atoms with Crippen LogP contribution in [0.5, 0.6) is 0 Å². The van der Waals surface area contributed by atoms with Gasteiger partial charge in [0.05, 0.1) is 0 Å². The van der Waals surface area contributed by atoms with E-state index in [1.807, 2.05) is 24.0 Å². The predicted octanol–water partition coefficient (Wildman–Crippen LogP) is 4.03. The first-order valence-electron chi connectivity index (χ1n) is 5.35. The molecule has 0 aliphatic rings. The molecule has 4 heteroatoms. The first-order valence-corrected chi connectivity index (χ1v) is 5.73. The van der Waals surface area contributed by atoms with E-state index in [9.17, 15) is 4.39 Å². The van der Waals surface area contributed by atoms with Gasteiger partial charge in [-0.1, -0.05) is 17.7 Å². The Balaban J connectivity index is 2.40. The molecular weight excluding hydrogens is 239 g/mol. The minimum absolute atomic E-state index is 0.249. The number of halogens is 2. The Morgan fingerprint density at radius 1 is 1.24 bits per heavy atom. The number of benzene rings is 1. The second kappa shape index (κ2) is 5.15. The molecule has 2 nitrogen and oxygen atoms in total. The average Bonchev–Trinajstić information content (AvgIpc) is 2.30. The molecule has 88 valence electrons. The Kier molecular flexibility index (Phi) is 3.59. The van der Waals surface area contributed by atoms with Gasteiger partial charge < -0.3 is 4.90 Å². The van der Waals surface area contributed by atoms with Crippen LogP contribution in [0, 0.1) is 5.82 Å². The molecule has 0 amide bonds. The molecule has 2 rings (SSSR count). The van der Waals surface area contributed by atoms with E-state index >= 15 is 0 Å². The van der Waals surface area contributed by atoms with E-state index in [4.69, 9.17) is 11.6 Å². The summed E-state index contributed by atoms with van der Waals surface area (Å²) in [5.74, 6) is -0.249. The van der Waals surface area contributed by atoms with Crippen molar-refractivity contribution in [3.8, 4) is 0 Å². The maximum Gasteiger partial charge on any atom is 0.131 e. The number of nitrogens with zero attached hydrogens (tertiary/aromatic N) is 2. The van der Waals surface area contributed by atoms with E-state index in [0.717, 1.165) is 17.9 Å². The van der Waals surface area contributed by atoms with Crippen molar-refractivity contribution in [3.63, 3.8) is 0 Å². The van der Waals surface area contributed by atoms with Gasteiger partial charge in [0.1, 0.15) is 11.0 Å². The number of anilines is 2. The number of hydrogen-bond donors (Lipinski definition) is 0. The van der Waals surface area contributed by atoms with Gasteiger partial charge >= 0.3 is 0 Å². The molecule has 0 saturated heterocycles. The van der Waals surface area contributed by atoms with E-state index < -0.39 is 0 Å². The second-order valence-corrected chi connectivity index (χ2v) is 3.95. The third-order valence-electron chi connectivity index (χ3n) is 2.46. The van der Waals surface area contributed by atoms with Gasteiger partial charge in [-0.2, -0.15) is 0 Å². The van der Waals surface area contributed by atoms with Crippen LogP contribution in [0.4, 0.5) is 15.8 Å². The lowest BCUT2D eigenvalue weighted by Gasteiger charge is -2.23.